The van der Waals surface area contributed by atoms with Crippen LogP contribution in [0.15, 0.2) is 47.6 Å². The van der Waals surface area contributed by atoms with E-state index in [9.17, 15) is 4.79 Å². The van der Waals surface area contributed by atoms with Gasteiger partial charge in [-0.15, -0.1) is 0 Å². The number of carbonyl (C=O) groups is 1. The van der Waals surface area contributed by atoms with Crippen molar-refractivity contribution in [2.24, 2.45) is 16.6 Å². The molecule has 2 heterocycles. The summed E-state index contributed by atoms with van der Waals surface area (Å²) in [6.07, 6.45) is 14.6. The molecule has 0 bridgehead atoms. The van der Waals surface area contributed by atoms with Crippen molar-refractivity contribution in [2.45, 2.75) is 95.7 Å². The summed E-state index contributed by atoms with van der Waals surface area (Å²) in [7, 11) is 0. The molecule has 0 radical (unpaired) electrons. The van der Waals surface area contributed by atoms with E-state index in [2.05, 4.69) is 14.8 Å². The standard InChI is InChI=1S/C37H55N5O6/c38-37-40-33-27-39-35(48-32-14-8-3-9-15-32)26-30(33)28-42(37)34(29-10-4-1-5-11-29)16-17-36(44)41(31-12-6-2-7-13-31)18-20-45-22-24-47-25-23-46-21-19-43/h3,8-9,14-15,26-27,29,31,34,43H,1-2,4-7,10-13,16-25,28H2,(H2,38,40)/t34-/m0/s1. The topological polar surface area (TPSA) is 132 Å². The molecule has 0 unspecified atom stereocenters. The van der Waals surface area contributed by atoms with Crippen molar-refractivity contribution in [1.29, 1.82) is 0 Å². The first-order chi connectivity index (χ1) is 23.6. The summed E-state index contributed by atoms with van der Waals surface area (Å²) in [6, 6.07) is 12.0. The highest BCUT2D eigenvalue weighted by molar-refractivity contribution is 5.84. The molecular weight excluding hydrogens is 610 g/mol. The van der Waals surface area contributed by atoms with E-state index in [-0.39, 0.29) is 24.6 Å². The van der Waals surface area contributed by atoms with Crippen LogP contribution in [0.25, 0.3) is 0 Å². The van der Waals surface area contributed by atoms with Gasteiger partial charge in [0.1, 0.15) is 5.75 Å². The normalized spacial score (nSPS) is 17.9. The first-order valence-electron chi connectivity index (χ1n) is 18.1. The van der Waals surface area contributed by atoms with Gasteiger partial charge in [-0.25, -0.2) is 9.98 Å². The Kier molecular flexibility index (Phi) is 14.8. The van der Waals surface area contributed by atoms with E-state index in [4.69, 9.17) is 34.8 Å². The highest BCUT2D eigenvalue weighted by atomic mass is 16.5. The molecule has 48 heavy (non-hydrogen) atoms. The molecule has 1 atom stereocenters. The molecule has 3 aliphatic rings. The molecule has 0 saturated heterocycles. The minimum atomic E-state index is 0.0136. The van der Waals surface area contributed by atoms with Gasteiger partial charge in [0.25, 0.3) is 0 Å². The van der Waals surface area contributed by atoms with E-state index < -0.39 is 0 Å². The van der Waals surface area contributed by atoms with Gasteiger partial charge in [-0.2, -0.15) is 0 Å². The minimum absolute atomic E-state index is 0.0136. The largest absolute Gasteiger partial charge is 0.439 e. The Morgan fingerprint density at radius 1 is 0.917 bits per heavy atom. The molecule has 1 aliphatic heterocycles. The highest BCUT2D eigenvalue weighted by Crippen LogP contribution is 2.36. The van der Waals surface area contributed by atoms with Crippen LogP contribution in [0.5, 0.6) is 11.6 Å². The number of hydrogen-bond acceptors (Lipinski definition) is 10. The van der Waals surface area contributed by atoms with Crippen LogP contribution < -0.4 is 10.5 Å². The Hall–Kier alpha value is -3.25. The molecule has 0 spiro atoms. The molecule has 11 heteroatoms. The average Bonchev–Trinajstić information content (AvgIpc) is 3.12. The number of fused-ring (bicyclic) bond motifs is 1. The van der Waals surface area contributed by atoms with Gasteiger partial charge in [0.2, 0.25) is 11.8 Å². The van der Waals surface area contributed by atoms with E-state index >= 15 is 0 Å². The Morgan fingerprint density at radius 3 is 2.29 bits per heavy atom. The van der Waals surface area contributed by atoms with Gasteiger partial charge in [0, 0.05) is 43.2 Å². The summed E-state index contributed by atoms with van der Waals surface area (Å²) in [5.74, 6) is 2.44. The SMILES string of the molecule is NC1=Nc2cnc(Oc3ccccc3)cc2CN1[C@@H](CCC(=O)N(CCOCCOCCOCCO)C1CCCCC1)C1CCCCC1. The van der Waals surface area contributed by atoms with Crippen molar-refractivity contribution < 1.29 is 28.8 Å². The molecule has 11 nitrogen and oxygen atoms in total. The van der Waals surface area contributed by atoms with Crippen molar-refractivity contribution in [3.8, 4) is 11.6 Å². The molecular formula is C37H55N5O6. The highest BCUT2D eigenvalue weighted by Gasteiger charge is 2.34. The summed E-state index contributed by atoms with van der Waals surface area (Å²) >= 11 is 0. The summed E-state index contributed by atoms with van der Waals surface area (Å²) in [5, 5.41) is 8.78. The van der Waals surface area contributed by atoms with Crippen LogP contribution in [0.1, 0.15) is 82.6 Å². The maximum absolute atomic E-state index is 14.0. The van der Waals surface area contributed by atoms with Crippen molar-refractivity contribution in [2.75, 3.05) is 52.8 Å². The molecule has 264 valence electrons. The first kappa shape index (κ1) is 36.0. The van der Waals surface area contributed by atoms with Crippen LogP contribution in [-0.4, -0.2) is 96.6 Å². The molecule has 1 amide bonds. The number of pyridine rings is 1. The zero-order chi connectivity index (χ0) is 33.4. The predicted molar refractivity (Wildman–Crippen MR) is 185 cm³/mol. The van der Waals surface area contributed by atoms with Gasteiger partial charge < -0.3 is 39.6 Å². The van der Waals surface area contributed by atoms with Crippen LogP contribution in [-0.2, 0) is 25.5 Å². The van der Waals surface area contributed by atoms with E-state index in [1.807, 2.05) is 36.4 Å². The fraction of sp³-hybridized carbons (Fsp3) is 0.649. The second-order valence-electron chi connectivity index (χ2n) is 13.1. The predicted octanol–water partition coefficient (Wildman–Crippen LogP) is 5.57. The maximum Gasteiger partial charge on any atom is 0.222 e. The van der Waals surface area contributed by atoms with Gasteiger partial charge in [-0.05, 0) is 50.2 Å². The van der Waals surface area contributed by atoms with Crippen molar-refractivity contribution in [3.63, 3.8) is 0 Å². The molecule has 5 rings (SSSR count). The van der Waals surface area contributed by atoms with Crippen LogP contribution >= 0.6 is 0 Å². The number of ether oxygens (including phenoxy) is 4. The number of guanidine groups is 1. The van der Waals surface area contributed by atoms with Crippen molar-refractivity contribution in [3.05, 3.63) is 48.2 Å². The van der Waals surface area contributed by atoms with E-state index in [0.717, 1.165) is 61.9 Å². The lowest BCUT2D eigenvalue weighted by atomic mass is 9.81. The molecule has 2 fully saturated rings. The molecule has 2 aromatic rings. The lowest BCUT2D eigenvalue weighted by Crippen LogP contribution is -2.50. The Labute approximate surface area is 285 Å². The van der Waals surface area contributed by atoms with Gasteiger partial charge in [0.15, 0.2) is 5.96 Å². The number of aliphatic imine (C=N–C) groups is 1. The number of para-hydroxylation sites is 1. The second-order valence-corrected chi connectivity index (χ2v) is 13.1. The molecule has 1 aromatic heterocycles. The van der Waals surface area contributed by atoms with E-state index in [1.165, 1.54) is 25.7 Å². The third kappa shape index (κ3) is 10.9. The zero-order valence-corrected chi connectivity index (χ0v) is 28.5. The van der Waals surface area contributed by atoms with Crippen LogP contribution in [0.3, 0.4) is 0 Å². The molecule has 3 N–H and O–H groups in total. The van der Waals surface area contributed by atoms with Crippen LogP contribution in [0, 0.1) is 5.92 Å². The fourth-order valence-corrected chi connectivity index (χ4v) is 7.35. The Balaban J connectivity index is 1.20. The molecule has 2 aliphatic carbocycles. The van der Waals surface area contributed by atoms with Gasteiger partial charge in [0.05, 0.1) is 58.1 Å². The third-order valence-corrected chi connectivity index (χ3v) is 9.82. The Morgan fingerprint density at radius 2 is 1.58 bits per heavy atom. The smallest absolute Gasteiger partial charge is 0.222 e. The van der Waals surface area contributed by atoms with Gasteiger partial charge >= 0.3 is 0 Å². The van der Waals surface area contributed by atoms with Crippen molar-refractivity contribution >= 4 is 17.6 Å². The van der Waals surface area contributed by atoms with E-state index in [0.29, 0.717) is 76.9 Å². The first-order valence-corrected chi connectivity index (χ1v) is 18.1. The monoisotopic (exact) mass is 665 g/mol. The number of aliphatic hydroxyl groups excluding tert-OH is 1. The van der Waals surface area contributed by atoms with Crippen molar-refractivity contribution in [1.82, 2.24) is 14.8 Å². The summed E-state index contributed by atoms with van der Waals surface area (Å²) in [4.78, 5) is 27.6. The zero-order valence-electron chi connectivity index (χ0n) is 28.5. The van der Waals surface area contributed by atoms with Gasteiger partial charge in [-0.3, -0.25) is 4.79 Å². The number of aromatic nitrogens is 1. The number of nitrogens with two attached hydrogens (primary N) is 1. The van der Waals surface area contributed by atoms with Crippen LogP contribution in [0.2, 0.25) is 0 Å². The maximum atomic E-state index is 14.0. The number of nitrogens with zero attached hydrogens (tertiary/aromatic N) is 4. The summed E-state index contributed by atoms with van der Waals surface area (Å²) in [6.45, 7) is 3.90. The third-order valence-electron chi connectivity index (χ3n) is 9.82. The number of amides is 1. The average molecular weight is 666 g/mol. The summed E-state index contributed by atoms with van der Waals surface area (Å²) < 4.78 is 22.7. The quantitative estimate of drug-likeness (QED) is 0.185. The fourth-order valence-electron chi connectivity index (χ4n) is 7.35. The number of rotatable bonds is 19. The number of carbonyl (C=O) groups excluding carboxylic acids is 1. The van der Waals surface area contributed by atoms with E-state index in [1.54, 1.807) is 6.20 Å². The van der Waals surface area contributed by atoms with Crippen LogP contribution in [0.4, 0.5) is 5.69 Å². The minimum Gasteiger partial charge on any atom is -0.439 e. The molecule has 1 aromatic carbocycles. The lowest BCUT2D eigenvalue weighted by molar-refractivity contribution is -0.135. The second kappa shape index (κ2) is 19.7. The lowest BCUT2D eigenvalue weighted by Gasteiger charge is -2.41. The van der Waals surface area contributed by atoms with Gasteiger partial charge in [-0.1, -0.05) is 56.7 Å². The Bertz CT molecular complexity index is 1270. The summed E-state index contributed by atoms with van der Waals surface area (Å²) in [5.41, 5.74) is 8.47. The molecule has 2 saturated carbocycles. The number of aliphatic hydroxyl groups is 1. The number of benzene rings is 1. The number of hydrogen-bond donors (Lipinski definition) is 2.